The Morgan fingerprint density at radius 2 is 1.85 bits per heavy atom. The predicted octanol–water partition coefficient (Wildman–Crippen LogP) is 2.93. The van der Waals surface area contributed by atoms with E-state index in [0.717, 1.165) is 25.3 Å². The molecule has 0 aliphatic heterocycles. The summed E-state index contributed by atoms with van der Waals surface area (Å²) in [6, 6.07) is 0. The molecule has 2 heteroatoms. The van der Waals surface area contributed by atoms with Crippen LogP contribution >= 0.6 is 0 Å². The van der Waals surface area contributed by atoms with Crippen LogP contribution in [-0.4, -0.2) is 11.1 Å². The summed E-state index contributed by atoms with van der Waals surface area (Å²) in [7, 11) is 0. The first-order valence-electron chi connectivity index (χ1n) is 4.48. The van der Waals surface area contributed by atoms with Gasteiger partial charge in [-0.25, -0.2) is 4.79 Å². The zero-order valence-electron chi connectivity index (χ0n) is 7.94. The Kier molecular flexibility index (Phi) is 7.90. The largest absolute Gasteiger partial charge is 0.478 e. The smallest absolute Gasteiger partial charge is 0.328 e. The zero-order chi connectivity index (χ0) is 9.94. The number of hydrogen-bond acceptors (Lipinski definition) is 1. The van der Waals surface area contributed by atoms with E-state index in [9.17, 15) is 4.79 Å². The summed E-state index contributed by atoms with van der Waals surface area (Å²) in [5, 5.41) is 8.25. The fourth-order valence-corrected chi connectivity index (χ4v) is 0.790. The van der Waals surface area contributed by atoms with E-state index >= 15 is 0 Å². The number of rotatable bonds is 6. The fourth-order valence-electron chi connectivity index (χ4n) is 0.790. The molecule has 0 bridgehead atoms. The van der Waals surface area contributed by atoms with Crippen molar-refractivity contribution in [2.75, 3.05) is 0 Å². The molecule has 13 heavy (non-hydrogen) atoms. The van der Waals surface area contributed by atoms with Gasteiger partial charge in [0.25, 0.3) is 0 Å². The molecule has 0 unspecified atom stereocenters. The Hall–Kier alpha value is -1.31. The van der Waals surface area contributed by atoms with Gasteiger partial charge in [0, 0.05) is 6.08 Å². The first-order chi connectivity index (χ1) is 6.27. The molecular weight excluding hydrogens is 164 g/mol. The van der Waals surface area contributed by atoms with Crippen LogP contribution < -0.4 is 0 Å². The second kappa shape index (κ2) is 8.78. The summed E-state index contributed by atoms with van der Waals surface area (Å²) in [6.45, 7) is 2.10. The van der Waals surface area contributed by atoms with E-state index in [1.807, 2.05) is 6.08 Å². The van der Waals surface area contributed by atoms with E-state index < -0.39 is 5.97 Å². The van der Waals surface area contributed by atoms with Gasteiger partial charge >= 0.3 is 5.97 Å². The van der Waals surface area contributed by atoms with Gasteiger partial charge in [0.2, 0.25) is 0 Å². The number of aliphatic carboxylic acids is 1. The summed E-state index contributed by atoms with van der Waals surface area (Å²) in [4.78, 5) is 10.0. The molecule has 0 rings (SSSR count). The summed E-state index contributed by atoms with van der Waals surface area (Å²) < 4.78 is 0. The lowest BCUT2D eigenvalue weighted by molar-refractivity contribution is -0.131. The van der Waals surface area contributed by atoms with Crippen LogP contribution in [0.15, 0.2) is 36.5 Å². The molecule has 0 amide bonds. The maximum atomic E-state index is 10.0. The van der Waals surface area contributed by atoms with Crippen molar-refractivity contribution in [1.29, 1.82) is 0 Å². The summed E-state index contributed by atoms with van der Waals surface area (Å²) >= 11 is 0. The highest BCUT2D eigenvalue weighted by Crippen LogP contribution is 1.94. The minimum absolute atomic E-state index is 0.907. The van der Waals surface area contributed by atoms with Crippen molar-refractivity contribution >= 4 is 5.97 Å². The first kappa shape index (κ1) is 11.7. The summed E-state index contributed by atoms with van der Waals surface area (Å²) in [6.07, 6.45) is 13.7. The topological polar surface area (TPSA) is 37.3 Å². The second-order valence-electron chi connectivity index (χ2n) is 2.58. The highest BCUT2D eigenvalue weighted by Gasteiger charge is 1.80. The van der Waals surface area contributed by atoms with Gasteiger partial charge in [-0.1, -0.05) is 37.3 Å². The van der Waals surface area contributed by atoms with Crippen molar-refractivity contribution in [1.82, 2.24) is 0 Å². The molecule has 0 saturated heterocycles. The lowest BCUT2D eigenvalue weighted by atomic mass is 10.2. The quantitative estimate of drug-likeness (QED) is 0.295. The molecule has 0 fully saturated rings. The Morgan fingerprint density at radius 1 is 1.15 bits per heavy atom. The van der Waals surface area contributed by atoms with Gasteiger partial charge in [0.15, 0.2) is 0 Å². The van der Waals surface area contributed by atoms with Gasteiger partial charge < -0.3 is 5.11 Å². The van der Waals surface area contributed by atoms with E-state index in [1.165, 1.54) is 6.08 Å². The number of unbranched alkanes of at least 4 members (excludes halogenated alkanes) is 1. The van der Waals surface area contributed by atoms with Crippen molar-refractivity contribution < 1.29 is 9.90 Å². The molecule has 72 valence electrons. The third-order valence-corrected chi connectivity index (χ3v) is 1.39. The Bertz CT molecular complexity index is 212. The Balaban J connectivity index is 3.42. The van der Waals surface area contributed by atoms with Gasteiger partial charge in [-0.3, -0.25) is 0 Å². The van der Waals surface area contributed by atoms with Crippen LogP contribution in [0.5, 0.6) is 0 Å². The predicted molar refractivity (Wildman–Crippen MR) is 54.6 cm³/mol. The normalized spacial score (nSPS) is 12.1. The SMILES string of the molecule is CC/C=C/CC/C=C/C=C/C(=O)O. The van der Waals surface area contributed by atoms with E-state index in [2.05, 4.69) is 19.1 Å². The van der Waals surface area contributed by atoms with E-state index in [-0.39, 0.29) is 0 Å². The van der Waals surface area contributed by atoms with E-state index in [0.29, 0.717) is 0 Å². The molecule has 0 radical (unpaired) electrons. The fraction of sp³-hybridized carbons (Fsp3) is 0.364. The molecule has 2 nitrogen and oxygen atoms in total. The molecule has 0 spiro atoms. The van der Waals surface area contributed by atoms with Gasteiger partial charge in [0.05, 0.1) is 0 Å². The second-order valence-corrected chi connectivity index (χ2v) is 2.58. The minimum atomic E-state index is -0.907. The molecule has 0 aromatic rings. The number of carbonyl (C=O) groups is 1. The van der Waals surface area contributed by atoms with E-state index in [4.69, 9.17) is 5.11 Å². The Morgan fingerprint density at radius 3 is 2.46 bits per heavy atom. The molecule has 0 aliphatic rings. The highest BCUT2D eigenvalue weighted by atomic mass is 16.4. The number of hydrogen-bond donors (Lipinski definition) is 1. The lowest BCUT2D eigenvalue weighted by Crippen LogP contribution is -1.84. The number of carboxylic acids is 1. The first-order valence-corrected chi connectivity index (χ1v) is 4.48. The third kappa shape index (κ3) is 10.7. The van der Waals surface area contributed by atoms with Crippen LogP contribution in [0.2, 0.25) is 0 Å². The van der Waals surface area contributed by atoms with Gasteiger partial charge in [0.1, 0.15) is 0 Å². The average Bonchev–Trinajstić information content (AvgIpc) is 2.09. The van der Waals surface area contributed by atoms with Gasteiger partial charge in [-0.05, 0) is 19.3 Å². The van der Waals surface area contributed by atoms with Crippen LogP contribution in [0.1, 0.15) is 26.2 Å². The lowest BCUT2D eigenvalue weighted by Gasteiger charge is -1.84. The average molecular weight is 180 g/mol. The summed E-state index contributed by atoms with van der Waals surface area (Å²) in [5.41, 5.74) is 0. The minimum Gasteiger partial charge on any atom is -0.478 e. The van der Waals surface area contributed by atoms with Gasteiger partial charge in [-0.2, -0.15) is 0 Å². The number of carboxylic acid groups (broad SMARTS) is 1. The molecule has 0 saturated carbocycles. The standard InChI is InChI=1S/C11H16O2/c1-2-3-4-5-6-7-8-9-10-11(12)13/h3-4,7-10H,2,5-6H2,1H3,(H,12,13)/b4-3+,8-7+,10-9+. The summed E-state index contributed by atoms with van der Waals surface area (Å²) in [5.74, 6) is -0.907. The van der Waals surface area contributed by atoms with Crippen molar-refractivity contribution in [3.63, 3.8) is 0 Å². The third-order valence-electron chi connectivity index (χ3n) is 1.39. The van der Waals surface area contributed by atoms with Crippen molar-refractivity contribution in [3.05, 3.63) is 36.5 Å². The van der Waals surface area contributed by atoms with Crippen LogP contribution in [0.4, 0.5) is 0 Å². The zero-order valence-corrected chi connectivity index (χ0v) is 7.94. The highest BCUT2D eigenvalue weighted by molar-refractivity contribution is 5.80. The van der Waals surface area contributed by atoms with Gasteiger partial charge in [-0.15, -0.1) is 0 Å². The molecule has 0 heterocycles. The van der Waals surface area contributed by atoms with Crippen LogP contribution in [0.3, 0.4) is 0 Å². The van der Waals surface area contributed by atoms with Crippen LogP contribution in [0, 0.1) is 0 Å². The molecule has 0 aromatic heterocycles. The van der Waals surface area contributed by atoms with Crippen LogP contribution in [-0.2, 0) is 4.79 Å². The molecule has 1 N–H and O–H groups in total. The molecule has 0 aromatic carbocycles. The van der Waals surface area contributed by atoms with Crippen molar-refractivity contribution in [2.24, 2.45) is 0 Å². The number of allylic oxidation sites excluding steroid dienone is 5. The Labute approximate surface area is 79.3 Å². The van der Waals surface area contributed by atoms with Crippen molar-refractivity contribution in [3.8, 4) is 0 Å². The van der Waals surface area contributed by atoms with Crippen LogP contribution in [0.25, 0.3) is 0 Å². The van der Waals surface area contributed by atoms with Crippen molar-refractivity contribution in [2.45, 2.75) is 26.2 Å². The monoisotopic (exact) mass is 180 g/mol. The maximum Gasteiger partial charge on any atom is 0.328 e. The van der Waals surface area contributed by atoms with E-state index in [1.54, 1.807) is 6.08 Å². The maximum absolute atomic E-state index is 10.0. The molecular formula is C11H16O2. The molecule has 0 aliphatic carbocycles. The molecule has 0 atom stereocenters.